The van der Waals surface area contributed by atoms with Gasteiger partial charge in [0.05, 0.1) is 0 Å². The van der Waals surface area contributed by atoms with Gasteiger partial charge in [0, 0.05) is 0 Å². The van der Waals surface area contributed by atoms with Crippen LogP contribution in [-0.2, 0) is 6.42 Å². The second-order valence-electron chi connectivity index (χ2n) is 3.33. The Hall–Kier alpha value is -0.718. The van der Waals surface area contributed by atoms with Crippen LogP contribution < -0.4 is 5.56 Å². The summed E-state index contributed by atoms with van der Waals surface area (Å²) < 4.78 is 15.1. The van der Waals surface area contributed by atoms with Crippen LogP contribution in [0.1, 0.15) is 12.6 Å². The number of halogens is 1. The van der Waals surface area contributed by atoms with E-state index in [1.54, 1.807) is 14.5 Å². The topological polar surface area (TPSA) is 22.0 Å². The maximum atomic E-state index is 13.5. The number of pyridine rings is 1. The minimum atomic E-state index is -0.426. The van der Waals surface area contributed by atoms with Crippen LogP contribution in [0.4, 0.5) is 4.39 Å². The average molecular weight is 397 g/mol. The molecule has 1 aromatic heterocycles. The van der Waals surface area contributed by atoms with Crippen molar-refractivity contribution in [1.82, 2.24) is 2.38 Å². The molecule has 0 N–H and O–H groups in total. The van der Waals surface area contributed by atoms with Crippen LogP contribution >= 0.6 is 0 Å². The molecule has 0 saturated heterocycles. The summed E-state index contributed by atoms with van der Waals surface area (Å²) in [6.45, 7) is 1.99. The van der Waals surface area contributed by atoms with Gasteiger partial charge in [-0.25, -0.2) is 0 Å². The SMILES string of the molecule is CCc1cc2cccc(F)c2c(=O)[n]1[Pb]. The molecule has 0 amide bonds. The van der Waals surface area contributed by atoms with Gasteiger partial charge in [0.2, 0.25) is 0 Å². The Bertz CT molecular complexity index is 577. The monoisotopic (exact) mass is 398 g/mol. The molecule has 0 unspecified atom stereocenters. The molecule has 3 radical (unpaired) electrons. The molecule has 0 spiro atoms. The summed E-state index contributed by atoms with van der Waals surface area (Å²) in [4.78, 5) is 11.9. The van der Waals surface area contributed by atoms with Crippen molar-refractivity contribution in [3.05, 3.63) is 46.1 Å². The van der Waals surface area contributed by atoms with Gasteiger partial charge < -0.3 is 0 Å². The van der Waals surface area contributed by atoms with Crippen molar-refractivity contribution < 1.29 is 4.39 Å². The normalized spacial score (nSPS) is 10.9. The molecular weight excluding hydrogens is 388 g/mol. The quantitative estimate of drug-likeness (QED) is 0.671. The zero-order valence-electron chi connectivity index (χ0n) is 8.25. The molecule has 75 valence electrons. The third-order valence-corrected chi connectivity index (χ3v) is 4.34. The van der Waals surface area contributed by atoms with E-state index >= 15 is 0 Å². The maximum absolute atomic E-state index is 13.5. The zero-order chi connectivity index (χ0) is 11.0. The van der Waals surface area contributed by atoms with Gasteiger partial charge in [-0.3, -0.25) is 0 Å². The Kier molecular flexibility index (Phi) is 2.90. The van der Waals surface area contributed by atoms with Crippen molar-refractivity contribution in [2.45, 2.75) is 13.3 Å². The third-order valence-electron chi connectivity index (χ3n) is 2.43. The summed E-state index contributed by atoms with van der Waals surface area (Å²) >= 11 is 0.593. The Labute approximate surface area is 103 Å². The molecule has 2 aromatic rings. The second kappa shape index (κ2) is 4.04. The molecule has 0 aliphatic carbocycles. The second-order valence-corrected chi connectivity index (χ2v) is 5.07. The molecule has 4 heteroatoms. The van der Waals surface area contributed by atoms with Crippen molar-refractivity contribution in [2.75, 3.05) is 0 Å². The van der Waals surface area contributed by atoms with Crippen molar-refractivity contribution in [3.63, 3.8) is 0 Å². The molecule has 1 heterocycles. The van der Waals surface area contributed by atoms with E-state index in [-0.39, 0.29) is 10.9 Å². The van der Waals surface area contributed by atoms with Crippen LogP contribution in [0, 0.1) is 5.82 Å². The Morgan fingerprint density at radius 1 is 1.47 bits per heavy atom. The first kappa shape index (κ1) is 10.8. The Balaban J connectivity index is 2.98. The number of nitrogens with zero attached hydrogens (tertiary/aromatic N) is 1. The average Bonchev–Trinajstić information content (AvgIpc) is 2.23. The van der Waals surface area contributed by atoms with E-state index in [4.69, 9.17) is 0 Å². The summed E-state index contributed by atoms with van der Waals surface area (Å²) in [5.41, 5.74) is 0.777. The molecule has 2 rings (SSSR count). The predicted molar refractivity (Wildman–Crippen MR) is 58.7 cm³/mol. The first-order valence-corrected chi connectivity index (χ1v) is 6.43. The number of hydrogen-bond acceptors (Lipinski definition) is 1. The Morgan fingerprint density at radius 2 is 2.20 bits per heavy atom. The van der Waals surface area contributed by atoms with Gasteiger partial charge in [-0.05, 0) is 0 Å². The fraction of sp³-hybridized carbons (Fsp3) is 0.182. The van der Waals surface area contributed by atoms with E-state index in [1.165, 1.54) is 6.07 Å². The zero-order valence-corrected chi connectivity index (χ0v) is 12.1. The van der Waals surface area contributed by atoms with E-state index in [0.29, 0.717) is 31.5 Å². The van der Waals surface area contributed by atoms with E-state index in [2.05, 4.69) is 0 Å². The summed E-state index contributed by atoms with van der Waals surface area (Å²) in [5.74, 6) is -0.426. The summed E-state index contributed by atoms with van der Waals surface area (Å²) in [6.07, 6.45) is 0.797. The van der Waals surface area contributed by atoms with Crippen LogP contribution in [0.15, 0.2) is 29.1 Å². The standard InChI is InChI=1S/C11H10FNO.Pb/c1-2-8-6-7-4-3-5-9(12)10(7)11(14)13-8;/h3-6H,2H2,1H3,(H,13,14);/q;+1/p-1. The van der Waals surface area contributed by atoms with E-state index in [9.17, 15) is 9.18 Å². The van der Waals surface area contributed by atoms with Crippen LogP contribution in [-0.4, -0.2) is 28.4 Å². The summed E-state index contributed by atoms with van der Waals surface area (Å²) in [6, 6.07) is 6.64. The molecular formula is C11H9FNOPb. The number of aromatic nitrogens is 1. The molecule has 0 bridgehead atoms. The molecule has 1 aromatic carbocycles. The van der Waals surface area contributed by atoms with Crippen LogP contribution in [0.3, 0.4) is 0 Å². The van der Waals surface area contributed by atoms with E-state index in [1.807, 2.05) is 13.0 Å². The molecule has 0 atom stereocenters. The van der Waals surface area contributed by atoms with Crippen LogP contribution in [0.25, 0.3) is 10.8 Å². The predicted octanol–water partition coefficient (Wildman–Crippen LogP) is 1.63. The van der Waals surface area contributed by atoms with Gasteiger partial charge in [-0.2, -0.15) is 0 Å². The fourth-order valence-electron chi connectivity index (χ4n) is 1.63. The first-order chi connectivity index (χ1) is 7.15. The van der Waals surface area contributed by atoms with Crippen molar-refractivity contribution in [2.24, 2.45) is 0 Å². The van der Waals surface area contributed by atoms with Gasteiger partial charge in [-0.15, -0.1) is 0 Å². The van der Waals surface area contributed by atoms with Gasteiger partial charge in [0.15, 0.2) is 0 Å². The fourth-order valence-corrected chi connectivity index (χ4v) is 2.93. The van der Waals surface area contributed by atoms with E-state index in [0.717, 1.165) is 12.1 Å². The Morgan fingerprint density at radius 3 is 2.87 bits per heavy atom. The van der Waals surface area contributed by atoms with Crippen molar-refractivity contribution in [1.29, 1.82) is 0 Å². The first-order valence-electron chi connectivity index (χ1n) is 4.70. The number of aryl methyl sites for hydroxylation is 1. The molecule has 0 saturated carbocycles. The minimum absolute atomic E-state index is 0.200. The molecule has 2 nitrogen and oxygen atoms in total. The number of fused-ring (bicyclic) bond motifs is 1. The van der Waals surface area contributed by atoms with Gasteiger partial charge in [0.1, 0.15) is 0 Å². The molecule has 0 fully saturated rings. The van der Waals surface area contributed by atoms with Crippen LogP contribution in [0.5, 0.6) is 0 Å². The summed E-state index contributed by atoms with van der Waals surface area (Å²) in [7, 11) is 0. The third kappa shape index (κ3) is 1.73. The molecule has 0 aliphatic heterocycles. The van der Waals surface area contributed by atoms with Crippen molar-refractivity contribution >= 4 is 36.8 Å². The summed E-state index contributed by atoms with van der Waals surface area (Å²) in [5, 5.41) is 0.911. The number of rotatable bonds is 1. The van der Waals surface area contributed by atoms with Crippen LogP contribution in [0.2, 0.25) is 0 Å². The number of benzene rings is 1. The van der Waals surface area contributed by atoms with Gasteiger partial charge >= 0.3 is 103 Å². The van der Waals surface area contributed by atoms with E-state index < -0.39 is 5.82 Å². The molecule has 0 aliphatic rings. The number of hydrogen-bond donors (Lipinski definition) is 0. The molecule has 15 heavy (non-hydrogen) atoms. The van der Waals surface area contributed by atoms with Gasteiger partial charge in [0.25, 0.3) is 0 Å². The van der Waals surface area contributed by atoms with Crippen molar-refractivity contribution in [3.8, 4) is 0 Å². The van der Waals surface area contributed by atoms with Gasteiger partial charge in [-0.1, -0.05) is 0 Å².